The van der Waals surface area contributed by atoms with Gasteiger partial charge in [0.2, 0.25) is 0 Å². The standard InChI is InChI=1S/C19H25N3O3/c1-15-13-18(23)22(19(24)20-15)12-11-21-9-7-17(8-10-21)25-14-16-5-3-2-4-6-16/h2-6,13,17H,7-12,14H2,1H3,(H,20,24). The van der Waals surface area contributed by atoms with Crippen molar-refractivity contribution < 1.29 is 4.74 Å². The zero-order valence-electron chi connectivity index (χ0n) is 14.6. The first-order valence-corrected chi connectivity index (χ1v) is 8.80. The van der Waals surface area contributed by atoms with Crippen molar-refractivity contribution >= 4 is 0 Å². The molecule has 1 aliphatic rings. The van der Waals surface area contributed by atoms with Crippen LogP contribution in [-0.4, -0.2) is 40.2 Å². The van der Waals surface area contributed by atoms with E-state index < -0.39 is 0 Å². The molecule has 2 aromatic rings. The van der Waals surface area contributed by atoms with Gasteiger partial charge in [-0.1, -0.05) is 30.3 Å². The number of hydrogen-bond acceptors (Lipinski definition) is 4. The van der Waals surface area contributed by atoms with Gasteiger partial charge in [0.15, 0.2) is 0 Å². The molecule has 25 heavy (non-hydrogen) atoms. The molecule has 2 heterocycles. The molecule has 134 valence electrons. The van der Waals surface area contributed by atoms with Crippen molar-refractivity contribution in [2.45, 2.75) is 39.0 Å². The summed E-state index contributed by atoms with van der Waals surface area (Å²) in [5.74, 6) is 0. The van der Waals surface area contributed by atoms with Crippen LogP contribution < -0.4 is 11.2 Å². The van der Waals surface area contributed by atoms with Crippen molar-refractivity contribution in [3.63, 3.8) is 0 Å². The Morgan fingerprint density at radius 1 is 1.12 bits per heavy atom. The fraction of sp³-hybridized carbons (Fsp3) is 0.474. The Morgan fingerprint density at radius 3 is 2.52 bits per heavy atom. The summed E-state index contributed by atoms with van der Waals surface area (Å²) in [5, 5.41) is 0. The number of nitrogens with one attached hydrogen (secondary N) is 1. The molecule has 0 radical (unpaired) electrons. The van der Waals surface area contributed by atoms with Crippen LogP contribution in [0.3, 0.4) is 0 Å². The van der Waals surface area contributed by atoms with Crippen LogP contribution in [-0.2, 0) is 17.9 Å². The van der Waals surface area contributed by atoms with Gasteiger partial charge in [0.25, 0.3) is 5.56 Å². The summed E-state index contributed by atoms with van der Waals surface area (Å²) < 4.78 is 7.26. The first kappa shape index (κ1) is 17.6. The molecular formula is C19H25N3O3. The van der Waals surface area contributed by atoms with Gasteiger partial charge >= 0.3 is 5.69 Å². The molecule has 0 saturated carbocycles. The van der Waals surface area contributed by atoms with E-state index in [-0.39, 0.29) is 17.4 Å². The lowest BCUT2D eigenvalue weighted by Gasteiger charge is -2.31. The van der Waals surface area contributed by atoms with Gasteiger partial charge in [-0.05, 0) is 25.3 Å². The maximum absolute atomic E-state index is 11.9. The largest absolute Gasteiger partial charge is 0.373 e. The van der Waals surface area contributed by atoms with Crippen LogP contribution in [0.4, 0.5) is 0 Å². The van der Waals surface area contributed by atoms with E-state index in [9.17, 15) is 9.59 Å². The molecule has 0 aliphatic carbocycles. The van der Waals surface area contributed by atoms with E-state index in [1.54, 1.807) is 6.92 Å². The highest BCUT2D eigenvalue weighted by molar-refractivity contribution is 5.13. The third-order valence-electron chi connectivity index (χ3n) is 4.66. The third kappa shape index (κ3) is 4.90. The van der Waals surface area contributed by atoms with Crippen LogP contribution in [0, 0.1) is 6.92 Å². The highest BCUT2D eigenvalue weighted by Crippen LogP contribution is 2.15. The molecule has 0 atom stereocenters. The number of aryl methyl sites for hydroxylation is 1. The van der Waals surface area contributed by atoms with Gasteiger partial charge in [0, 0.05) is 37.9 Å². The Morgan fingerprint density at radius 2 is 1.84 bits per heavy atom. The molecule has 1 aromatic carbocycles. The molecule has 0 amide bonds. The number of hydrogen-bond donors (Lipinski definition) is 1. The Kier molecular flexibility index (Phi) is 5.83. The normalized spacial score (nSPS) is 16.2. The molecule has 0 unspecified atom stereocenters. The first-order valence-electron chi connectivity index (χ1n) is 8.80. The number of rotatable bonds is 6. The predicted molar refractivity (Wildman–Crippen MR) is 96.8 cm³/mol. The van der Waals surface area contributed by atoms with E-state index in [1.165, 1.54) is 16.2 Å². The lowest BCUT2D eigenvalue weighted by molar-refractivity contribution is -0.00301. The SMILES string of the molecule is Cc1cc(=O)n(CCN2CCC(OCc3ccccc3)CC2)c(=O)[nH]1. The number of aromatic nitrogens is 2. The van der Waals surface area contributed by atoms with Crippen LogP contribution in [0.1, 0.15) is 24.1 Å². The van der Waals surface area contributed by atoms with E-state index in [1.807, 2.05) is 18.2 Å². The molecule has 1 saturated heterocycles. The van der Waals surface area contributed by atoms with Crippen molar-refractivity contribution in [1.29, 1.82) is 0 Å². The van der Waals surface area contributed by atoms with Crippen LogP contribution >= 0.6 is 0 Å². The summed E-state index contributed by atoms with van der Waals surface area (Å²) in [5.41, 5.74) is 1.24. The fourth-order valence-electron chi connectivity index (χ4n) is 3.18. The Bertz CT molecular complexity index is 758. The van der Waals surface area contributed by atoms with Crippen LogP contribution in [0.25, 0.3) is 0 Å². The van der Waals surface area contributed by atoms with Crippen molar-refractivity contribution in [2.75, 3.05) is 19.6 Å². The molecule has 3 rings (SSSR count). The zero-order chi connectivity index (χ0) is 17.6. The van der Waals surface area contributed by atoms with Crippen molar-refractivity contribution in [2.24, 2.45) is 0 Å². The first-order chi connectivity index (χ1) is 12.1. The van der Waals surface area contributed by atoms with Gasteiger partial charge in [-0.3, -0.25) is 9.36 Å². The number of piperidine rings is 1. The van der Waals surface area contributed by atoms with Crippen LogP contribution in [0.2, 0.25) is 0 Å². The predicted octanol–water partition coefficient (Wildman–Crippen LogP) is 1.53. The van der Waals surface area contributed by atoms with E-state index in [0.717, 1.165) is 25.9 Å². The fourth-order valence-corrected chi connectivity index (χ4v) is 3.18. The van der Waals surface area contributed by atoms with E-state index in [0.29, 0.717) is 25.4 Å². The molecule has 1 N–H and O–H groups in total. The second-order valence-corrected chi connectivity index (χ2v) is 6.58. The quantitative estimate of drug-likeness (QED) is 0.864. The highest BCUT2D eigenvalue weighted by Gasteiger charge is 2.19. The Balaban J connectivity index is 1.44. The third-order valence-corrected chi connectivity index (χ3v) is 4.66. The molecule has 1 aromatic heterocycles. The average molecular weight is 343 g/mol. The summed E-state index contributed by atoms with van der Waals surface area (Å²) in [6, 6.07) is 11.7. The number of aromatic amines is 1. The Hall–Kier alpha value is -2.18. The maximum atomic E-state index is 11.9. The van der Waals surface area contributed by atoms with Crippen LogP contribution in [0.15, 0.2) is 46.0 Å². The van der Waals surface area contributed by atoms with Gasteiger partial charge in [-0.25, -0.2) is 4.79 Å². The number of likely N-dealkylation sites (tertiary alicyclic amines) is 1. The van der Waals surface area contributed by atoms with Crippen molar-refractivity contribution in [3.05, 3.63) is 68.5 Å². The minimum absolute atomic E-state index is 0.234. The minimum Gasteiger partial charge on any atom is -0.373 e. The monoisotopic (exact) mass is 343 g/mol. The van der Waals surface area contributed by atoms with Crippen molar-refractivity contribution in [3.8, 4) is 0 Å². The number of nitrogens with zero attached hydrogens (tertiary/aromatic N) is 2. The molecule has 6 heteroatoms. The lowest BCUT2D eigenvalue weighted by Crippen LogP contribution is -2.42. The summed E-state index contributed by atoms with van der Waals surface area (Å²) in [7, 11) is 0. The summed E-state index contributed by atoms with van der Waals surface area (Å²) >= 11 is 0. The lowest BCUT2D eigenvalue weighted by atomic mass is 10.1. The van der Waals surface area contributed by atoms with Crippen molar-refractivity contribution in [1.82, 2.24) is 14.5 Å². The topological polar surface area (TPSA) is 67.3 Å². The molecule has 6 nitrogen and oxygen atoms in total. The van der Waals surface area contributed by atoms with E-state index in [4.69, 9.17) is 4.74 Å². The Labute approximate surface area is 147 Å². The second-order valence-electron chi connectivity index (χ2n) is 6.58. The average Bonchev–Trinajstić information content (AvgIpc) is 2.61. The smallest absolute Gasteiger partial charge is 0.328 e. The zero-order valence-corrected chi connectivity index (χ0v) is 14.6. The minimum atomic E-state index is -0.328. The molecule has 1 fully saturated rings. The number of benzene rings is 1. The van der Waals surface area contributed by atoms with Gasteiger partial charge < -0.3 is 14.6 Å². The maximum Gasteiger partial charge on any atom is 0.328 e. The molecular weight excluding hydrogens is 318 g/mol. The van der Waals surface area contributed by atoms with Gasteiger partial charge in [-0.2, -0.15) is 0 Å². The summed E-state index contributed by atoms with van der Waals surface area (Å²) in [4.78, 5) is 28.7. The molecule has 0 spiro atoms. The molecule has 1 aliphatic heterocycles. The number of ether oxygens (including phenoxy) is 1. The second kappa shape index (κ2) is 8.27. The number of H-pyrrole nitrogens is 1. The van der Waals surface area contributed by atoms with Gasteiger partial charge in [0.05, 0.1) is 12.7 Å². The van der Waals surface area contributed by atoms with E-state index >= 15 is 0 Å². The van der Waals surface area contributed by atoms with E-state index in [2.05, 4.69) is 22.0 Å². The summed E-state index contributed by atoms with van der Waals surface area (Å²) in [6.07, 6.45) is 2.24. The molecule has 0 bridgehead atoms. The highest BCUT2D eigenvalue weighted by atomic mass is 16.5. The van der Waals surface area contributed by atoms with Crippen LogP contribution in [0.5, 0.6) is 0 Å². The summed E-state index contributed by atoms with van der Waals surface area (Å²) in [6.45, 7) is 5.35. The van der Waals surface area contributed by atoms with Gasteiger partial charge in [0.1, 0.15) is 0 Å². The van der Waals surface area contributed by atoms with Gasteiger partial charge in [-0.15, -0.1) is 0 Å².